The fraction of sp³-hybridized carbons (Fsp3) is 0.418. The molecule has 4 aliphatic heterocycles. The first-order chi connectivity index (χ1) is 37.7. The predicted octanol–water partition coefficient (Wildman–Crippen LogP) is 7.43. The summed E-state index contributed by atoms with van der Waals surface area (Å²) >= 11 is 0. The Morgan fingerprint density at radius 1 is 0.861 bits per heavy atom. The van der Waals surface area contributed by atoms with E-state index in [0.717, 1.165) is 45.8 Å². The van der Waals surface area contributed by atoms with Gasteiger partial charge in [0.2, 0.25) is 21.9 Å². The molecule has 4 aliphatic rings. The van der Waals surface area contributed by atoms with Crippen LogP contribution in [-0.2, 0) is 27.5 Å². The standard InChI is InChI=1S/C55H63F3N12O8S/c1-6-78-48-28-37(13-14-43(48)60-53-59-31-45-50(61-53)70(79(5,76)77)44-10-8-7-9-39(44)52(74)64(45)4)66-19-15-34(16-20-66)51(73)68-21-17-36(18-22-68)67-25-23-65(24-26-67)32-35-11-12-38(27-42(35)55(56,57)58)69-49(62-63-54(69)75)41-29-40(33(2)3)46(71)30-47(41)72/h7-14,27-31,33-34,36,71-72H,6,15-26,32H2,1-5H3,(H,63,75)(H,59,60,61). The smallest absolute Gasteiger partial charge is 0.416 e. The first-order valence-corrected chi connectivity index (χ1v) is 28.3. The number of benzene rings is 4. The van der Waals surface area contributed by atoms with Crippen LogP contribution in [0.4, 0.5) is 47.7 Å². The third-order valence-electron chi connectivity index (χ3n) is 15.4. The number of piperidine rings is 2. The lowest BCUT2D eigenvalue weighted by molar-refractivity contribution is -0.138. The van der Waals surface area contributed by atoms with Crippen LogP contribution in [0.1, 0.15) is 79.4 Å². The second-order valence-electron chi connectivity index (χ2n) is 20.8. The number of H-pyrrole nitrogens is 1. The lowest BCUT2D eigenvalue weighted by Gasteiger charge is -2.44. The Morgan fingerprint density at radius 2 is 1.57 bits per heavy atom. The molecular weight excluding hydrogens is 1050 g/mol. The lowest BCUT2D eigenvalue weighted by Crippen LogP contribution is -2.54. The van der Waals surface area contributed by atoms with E-state index in [1.165, 1.54) is 29.3 Å². The second-order valence-corrected chi connectivity index (χ2v) is 22.6. The molecule has 10 rings (SSSR count). The minimum atomic E-state index is -4.73. The number of phenols is 2. The molecular formula is C55H63F3N12O8S. The van der Waals surface area contributed by atoms with Gasteiger partial charge in [0.05, 0.1) is 52.8 Å². The Labute approximate surface area is 455 Å². The number of anilines is 6. The highest BCUT2D eigenvalue weighted by molar-refractivity contribution is 7.92. The molecule has 0 atom stereocenters. The van der Waals surface area contributed by atoms with E-state index in [-0.39, 0.29) is 93.2 Å². The zero-order chi connectivity index (χ0) is 56.1. The maximum Gasteiger partial charge on any atom is 0.416 e. The number of ether oxygens (including phenoxy) is 1. The van der Waals surface area contributed by atoms with Crippen LogP contribution < -0.4 is 29.8 Å². The number of aromatic hydroxyl groups is 2. The van der Waals surface area contributed by atoms with Gasteiger partial charge in [-0.1, -0.05) is 32.0 Å². The minimum absolute atomic E-state index is 0.0153. The van der Waals surface area contributed by atoms with Gasteiger partial charge in [-0.15, -0.1) is 0 Å². The Morgan fingerprint density at radius 3 is 2.25 bits per heavy atom. The number of nitrogens with one attached hydrogen (secondary N) is 2. The van der Waals surface area contributed by atoms with Gasteiger partial charge in [-0.05, 0) is 92.1 Å². The van der Waals surface area contributed by atoms with Crippen LogP contribution in [0.2, 0.25) is 0 Å². The van der Waals surface area contributed by atoms with Crippen molar-refractivity contribution in [1.29, 1.82) is 0 Å². The number of carbonyl (C=O) groups excluding carboxylic acids is 2. The highest BCUT2D eigenvalue weighted by Crippen LogP contribution is 2.43. The molecule has 0 saturated carbocycles. The minimum Gasteiger partial charge on any atom is -0.508 e. The Bertz CT molecular complexity index is 3460. The van der Waals surface area contributed by atoms with Crippen molar-refractivity contribution in [2.75, 3.05) is 91.7 Å². The van der Waals surface area contributed by atoms with Crippen molar-refractivity contribution < 1.29 is 46.1 Å². The van der Waals surface area contributed by atoms with E-state index in [1.54, 1.807) is 31.3 Å². The van der Waals surface area contributed by atoms with Crippen molar-refractivity contribution in [3.8, 4) is 34.3 Å². The van der Waals surface area contributed by atoms with Gasteiger partial charge in [0, 0.05) is 95.7 Å². The molecule has 3 saturated heterocycles. The van der Waals surface area contributed by atoms with Gasteiger partial charge in [-0.3, -0.25) is 19.4 Å². The first-order valence-electron chi connectivity index (χ1n) is 26.4. The molecule has 4 N–H and O–H groups in total. The average molecular weight is 1110 g/mol. The van der Waals surface area contributed by atoms with E-state index in [2.05, 4.69) is 35.3 Å². The van der Waals surface area contributed by atoms with Crippen LogP contribution in [0.5, 0.6) is 17.2 Å². The Balaban J connectivity index is 0.724. The average Bonchev–Trinajstić information content (AvgIpc) is 3.84. The molecule has 6 heterocycles. The zero-order valence-electron chi connectivity index (χ0n) is 44.5. The number of likely N-dealkylation sites (tertiary alicyclic amines) is 1. The molecule has 0 radical (unpaired) electrons. The molecule has 2 aromatic heterocycles. The highest BCUT2D eigenvalue weighted by atomic mass is 32.2. The number of hydrogen-bond acceptors (Lipinski definition) is 15. The summed E-state index contributed by atoms with van der Waals surface area (Å²) in [7, 11) is -2.41. The topological polar surface area (TPSA) is 226 Å². The summed E-state index contributed by atoms with van der Waals surface area (Å²) < 4.78 is 78.9. The van der Waals surface area contributed by atoms with Crippen molar-refractivity contribution in [1.82, 2.24) is 39.4 Å². The summed E-state index contributed by atoms with van der Waals surface area (Å²) in [5.74, 6) is -0.535. The molecule has 6 aromatic rings. The van der Waals surface area contributed by atoms with Crippen LogP contribution in [0.25, 0.3) is 17.1 Å². The van der Waals surface area contributed by atoms with Crippen molar-refractivity contribution in [3.63, 3.8) is 0 Å². The summed E-state index contributed by atoms with van der Waals surface area (Å²) in [5.41, 5.74) is 0.921. The first kappa shape index (κ1) is 54.6. The zero-order valence-corrected chi connectivity index (χ0v) is 45.3. The number of para-hydroxylation sites is 1. The molecule has 20 nitrogen and oxygen atoms in total. The van der Waals surface area contributed by atoms with Crippen LogP contribution in [0, 0.1) is 5.92 Å². The van der Waals surface area contributed by atoms with Gasteiger partial charge in [0.15, 0.2) is 11.6 Å². The number of sulfonamides is 1. The molecule has 4 aromatic carbocycles. The largest absolute Gasteiger partial charge is 0.508 e. The molecule has 2 amide bonds. The van der Waals surface area contributed by atoms with Crippen molar-refractivity contribution >= 4 is 56.4 Å². The molecule has 3 fully saturated rings. The van der Waals surface area contributed by atoms with Gasteiger partial charge >= 0.3 is 11.9 Å². The van der Waals surface area contributed by atoms with Crippen LogP contribution in [-0.4, -0.2) is 148 Å². The summed E-state index contributed by atoms with van der Waals surface area (Å²) in [4.78, 5) is 59.4. The molecule has 0 bridgehead atoms. The number of aromatic amines is 1. The molecule has 0 spiro atoms. The number of nitrogens with zero attached hydrogens (tertiary/aromatic N) is 10. The molecule has 418 valence electrons. The maximum absolute atomic E-state index is 14.8. The number of fused-ring (bicyclic) bond motifs is 2. The van der Waals surface area contributed by atoms with E-state index in [1.807, 2.05) is 48.8 Å². The van der Waals surface area contributed by atoms with E-state index in [4.69, 9.17) is 4.74 Å². The van der Waals surface area contributed by atoms with Gasteiger partial charge in [-0.25, -0.2) is 32.2 Å². The summed E-state index contributed by atoms with van der Waals surface area (Å²) in [6.45, 7) is 11.0. The van der Waals surface area contributed by atoms with E-state index < -0.39 is 33.4 Å². The SMILES string of the molecule is CCOc1cc(N2CCC(C(=O)N3CCC(N4CCN(Cc5ccc(-n6c(-c7cc(C(C)C)c(O)cc7O)n[nH]c6=O)cc5C(F)(F)F)CC4)CC3)CC2)ccc1Nc1ncc2c(n1)N(S(C)(=O)=O)c1ccccc1C(=O)N2C. The normalized spacial score (nSPS) is 17.3. The van der Waals surface area contributed by atoms with E-state index in [9.17, 15) is 46.2 Å². The number of carbonyl (C=O) groups is 2. The predicted molar refractivity (Wildman–Crippen MR) is 293 cm³/mol. The quantitative estimate of drug-likeness (QED) is 0.0883. The lowest BCUT2D eigenvalue weighted by atomic mass is 9.93. The maximum atomic E-state index is 14.8. The van der Waals surface area contributed by atoms with Crippen LogP contribution in [0.3, 0.4) is 0 Å². The number of hydrogen-bond donors (Lipinski definition) is 4. The summed E-state index contributed by atoms with van der Waals surface area (Å²) in [6.07, 6.45) is 0.696. The second kappa shape index (κ2) is 21.9. The highest BCUT2D eigenvalue weighted by Gasteiger charge is 2.38. The van der Waals surface area contributed by atoms with Gasteiger partial charge in [-0.2, -0.15) is 23.3 Å². The number of piperazine rings is 1. The van der Waals surface area contributed by atoms with E-state index in [0.29, 0.717) is 88.8 Å². The number of amides is 2. The van der Waals surface area contributed by atoms with Gasteiger partial charge < -0.3 is 35.0 Å². The fourth-order valence-electron chi connectivity index (χ4n) is 11.3. The van der Waals surface area contributed by atoms with Crippen molar-refractivity contribution in [2.45, 2.75) is 71.1 Å². The summed E-state index contributed by atoms with van der Waals surface area (Å²) in [6, 6.07) is 18.8. The van der Waals surface area contributed by atoms with Crippen LogP contribution in [0.15, 0.2) is 83.8 Å². The molecule has 0 aliphatic carbocycles. The Kier molecular flexibility index (Phi) is 15.1. The Hall–Kier alpha value is -7.70. The fourth-order valence-corrected chi connectivity index (χ4v) is 12.2. The molecule has 0 unspecified atom stereocenters. The monoisotopic (exact) mass is 1110 g/mol. The number of aromatic nitrogens is 5. The van der Waals surface area contributed by atoms with Gasteiger partial charge in [0.25, 0.3) is 5.91 Å². The molecule has 79 heavy (non-hydrogen) atoms. The van der Waals surface area contributed by atoms with Crippen LogP contribution >= 0.6 is 0 Å². The van der Waals surface area contributed by atoms with Crippen molar-refractivity contribution in [3.05, 3.63) is 112 Å². The number of phenolic OH excluding ortho intramolecular Hbond substituents is 2. The van der Waals surface area contributed by atoms with Gasteiger partial charge in [0.1, 0.15) is 22.9 Å². The number of alkyl halides is 3. The molecule has 24 heteroatoms. The number of halogens is 3. The number of rotatable bonds is 13. The van der Waals surface area contributed by atoms with Crippen molar-refractivity contribution in [2.24, 2.45) is 5.92 Å². The summed E-state index contributed by atoms with van der Waals surface area (Å²) in [5, 5.41) is 30.6. The van der Waals surface area contributed by atoms with E-state index >= 15 is 0 Å². The third-order valence-corrected chi connectivity index (χ3v) is 16.5. The third kappa shape index (κ3) is 11.0.